The smallest absolute Gasteiger partial charge is 0.289 e. The number of nitrogens with zero attached hydrogens (tertiary/aromatic N) is 3. The molecule has 0 fully saturated rings. The lowest BCUT2D eigenvalue weighted by atomic mass is 10.1. The zero-order chi connectivity index (χ0) is 17.1. The number of hydrogen-bond donors (Lipinski definition) is 0. The first kappa shape index (κ1) is 17.0. The van der Waals surface area contributed by atoms with Crippen LogP contribution in [0.4, 0.5) is 0 Å². The molecular weight excluding hydrogens is 342 g/mol. The predicted molar refractivity (Wildman–Crippen MR) is 97.7 cm³/mol. The Morgan fingerprint density at radius 3 is 2.67 bits per heavy atom. The van der Waals surface area contributed by atoms with Crippen LogP contribution in [-0.4, -0.2) is 34.1 Å². The fourth-order valence-corrected chi connectivity index (χ4v) is 4.38. The maximum atomic E-state index is 12.8. The molecule has 0 saturated heterocycles. The lowest BCUT2D eigenvalue weighted by molar-refractivity contribution is 0.0742. The van der Waals surface area contributed by atoms with Crippen molar-refractivity contribution in [2.75, 3.05) is 13.1 Å². The number of hydrogen-bond acceptors (Lipinski definition) is 6. The molecule has 0 spiro atoms. The highest BCUT2D eigenvalue weighted by Crippen LogP contribution is 2.33. The van der Waals surface area contributed by atoms with Crippen molar-refractivity contribution in [3.63, 3.8) is 0 Å². The topological polar surface area (TPSA) is 59.2 Å². The van der Waals surface area contributed by atoms with E-state index in [2.05, 4.69) is 10.2 Å². The highest BCUT2D eigenvalue weighted by Gasteiger charge is 2.24. The Kier molecular flexibility index (Phi) is 5.20. The Morgan fingerprint density at radius 1 is 1.25 bits per heavy atom. The quantitative estimate of drug-likeness (QED) is 0.610. The van der Waals surface area contributed by atoms with Gasteiger partial charge in [0.25, 0.3) is 5.91 Å². The van der Waals surface area contributed by atoms with Gasteiger partial charge in [-0.05, 0) is 26.8 Å². The number of fused-ring (bicyclic) bond motifs is 1. The van der Waals surface area contributed by atoms with Gasteiger partial charge in [0.1, 0.15) is 10.6 Å². The van der Waals surface area contributed by atoms with E-state index >= 15 is 0 Å². The van der Waals surface area contributed by atoms with Gasteiger partial charge in [0.05, 0.1) is 0 Å². The van der Waals surface area contributed by atoms with Gasteiger partial charge < -0.3 is 9.32 Å². The average molecular weight is 361 g/mol. The Hall–Kier alpha value is -1.86. The Balaban J connectivity index is 1.97. The molecule has 0 radical (unpaired) electrons. The Morgan fingerprint density at radius 2 is 2.00 bits per heavy atom. The van der Waals surface area contributed by atoms with E-state index in [1.165, 1.54) is 0 Å². The summed E-state index contributed by atoms with van der Waals surface area (Å²) in [5, 5.41) is 10.1. The maximum Gasteiger partial charge on any atom is 0.289 e. The van der Waals surface area contributed by atoms with Crippen molar-refractivity contribution in [3.05, 3.63) is 40.6 Å². The Bertz CT molecular complexity index is 853. The minimum Gasteiger partial charge on any atom is -0.451 e. The maximum absolute atomic E-state index is 12.8. The number of aromatic nitrogens is 2. The molecule has 0 unspecified atom stereocenters. The summed E-state index contributed by atoms with van der Waals surface area (Å²) < 4.78 is 6.80. The molecule has 2 heterocycles. The van der Waals surface area contributed by atoms with E-state index in [0.717, 1.165) is 25.9 Å². The van der Waals surface area contributed by atoms with Gasteiger partial charge in [-0.25, -0.2) is 0 Å². The third-order valence-electron chi connectivity index (χ3n) is 3.79. The van der Waals surface area contributed by atoms with E-state index in [9.17, 15) is 4.79 Å². The van der Waals surface area contributed by atoms with E-state index in [1.807, 2.05) is 45.0 Å². The summed E-state index contributed by atoms with van der Waals surface area (Å²) in [5.41, 5.74) is 1.68. The molecule has 3 rings (SSSR count). The third kappa shape index (κ3) is 3.32. The molecule has 24 heavy (non-hydrogen) atoms. The molecule has 126 valence electrons. The van der Waals surface area contributed by atoms with E-state index in [1.54, 1.807) is 28.0 Å². The summed E-state index contributed by atoms with van der Waals surface area (Å²) >= 11 is 3.15. The molecule has 0 saturated carbocycles. The first-order valence-corrected chi connectivity index (χ1v) is 9.66. The van der Waals surface area contributed by atoms with Crippen molar-refractivity contribution in [3.8, 4) is 0 Å². The number of carbonyl (C=O) groups is 1. The van der Waals surface area contributed by atoms with Gasteiger partial charge >= 0.3 is 0 Å². The van der Waals surface area contributed by atoms with Crippen LogP contribution in [0.15, 0.2) is 33.0 Å². The fraction of sp³-hybridized carbons (Fsp3) is 0.353. The molecular formula is C17H19N3O2S2. The highest BCUT2D eigenvalue weighted by atomic mass is 32.2. The van der Waals surface area contributed by atoms with Crippen molar-refractivity contribution in [2.45, 2.75) is 30.9 Å². The van der Waals surface area contributed by atoms with Crippen molar-refractivity contribution in [2.24, 2.45) is 0 Å². The predicted octanol–water partition coefficient (Wildman–Crippen LogP) is 4.37. The molecule has 0 bridgehead atoms. The summed E-state index contributed by atoms with van der Waals surface area (Å²) in [6.07, 6.45) is 0. The van der Waals surface area contributed by atoms with E-state index in [-0.39, 0.29) is 5.91 Å². The van der Waals surface area contributed by atoms with E-state index in [4.69, 9.17) is 4.42 Å². The first-order valence-electron chi connectivity index (χ1n) is 7.86. The number of aryl methyl sites for hydroxylation is 1. The van der Waals surface area contributed by atoms with Gasteiger partial charge in [0, 0.05) is 29.8 Å². The number of para-hydroxylation sites is 1. The third-order valence-corrected chi connectivity index (χ3v) is 5.79. The van der Waals surface area contributed by atoms with Crippen molar-refractivity contribution >= 4 is 40.0 Å². The molecule has 5 nitrogen and oxygen atoms in total. The van der Waals surface area contributed by atoms with Gasteiger partial charge in [0.2, 0.25) is 0 Å². The number of benzene rings is 1. The van der Waals surface area contributed by atoms with Crippen LogP contribution in [0, 0.1) is 6.92 Å². The summed E-state index contributed by atoms with van der Waals surface area (Å²) in [5.74, 6) is 1.02. The minimum atomic E-state index is -0.0553. The second-order valence-electron chi connectivity index (χ2n) is 5.26. The van der Waals surface area contributed by atoms with Crippen LogP contribution in [-0.2, 0) is 5.75 Å². The molecule has 3 aromatic rings. The largest absolute Gasteiger partial charge is 0.451 e. The zero-order valence-corrected chi connectivity index (χ0v) is 15.5. The monoisotopic (exact) mass is 361 g/mol. The van der Waals surface area contributed by atoms with Gasteiger partial charge in [-0.1, -0.05) is 41.3 Å². The summed E-state index contributed by atoms with van der Waals surface area (Å²) in [6.45, 7) is 7.21. The van der Waals surface area contributed by atoms with Gasteiger partial charge in [0.15, 0.2) is 10.1 Å². The summed E-state index contributed by atoms with van der Waals surface area (Å²) in [6, 6.07) is 7.78. The average Bonchev–Trinajstić information content (AvgIpc) is 3.17. The molecule has 0 atom stereocenters. The first-order chi connectivity index (χ1) is 11.6. The van der Waals surface area contributed by atoms with Crippen molar-refractivity contribution < 1.29 is 9.21 Å². The molecule has 7 heteroatoms. The molecule has 2 aromatic heterocycles. The zero-order valence-electron chi connectivity index (χ0n) is 13.9. The normalized spacial score (nSPS) is 11.1. The minimum absolute atomic E-state index is 0.0553. The van der Waals surface area contributed by atoms with Crippen LogP contribution in [0.5, 0.6) is 0 Å². The lowest BCUT2D eigenvalue weighted by Gasteiger charge is -2.17. The summed E-state index contributed by atoms with van der Waals surface area (Å²) in [7, 11) is 0. The number of carbonyl (C=O) groups excluding carboxylic acids is 1. The molecule has 0 N–H and O–H groups in total. The van der Waals surface area contributed by atoms with Crippen LogP contribution in [0.3, 0.4) is 0 Å². The second-order valence-corrected chi connectivity index (χ2v) is 7.66. The Labute approximate surface area is 149 Å². The molecule has 1 aromatic carbocycles. The molecule has 0 aliphatic rings. The standard InChI is InChI=1S/C17H19N3O2S2/c1-4-20(5-2)16(21)15-13(10-23-17-19-18-11(3)24-17)12-8-6-7-9-14(12)22-15/h6-9H,4-5,10H2,1-3H3. The van der Waals surface area contributed by atoms with Gasteiger partial charge in [-0.15, -0.1) is 10.2 Å². The van der Waals surface area contributed by atoms with Crippen LogP contribution in [0.2, 0.25) is 0 Å². The molecule has 0 aliphatic heterocycles. The van der Waals surface area contributed by atoms with Gasteiger partial charge in [-0.2, -0.15) is 0 Å². The fourth-order valence-electron chi connectivity index (χ4n) is 2.54. The second kappa shape index (κ2) is 7.36. The van der Waals surface area contributed by atoms with E-state index in [0.29, 0.717) is 24.6 Å². The molecule has 1 amide bonds. The number of amides is 1. The summed E-state index contributed by atoms with van der Waals surface area (Å²) in [4.78, 5) is 14.6. The number of thioether (sulfide) groups is 1. The lowest BCUT2D eigenvalue weighted by Crippen LogP contribution is -2.30. The van der Waals surface area contributed by atoms with Gasteiger partial charge in [-0.3, -0.25) is 4.79 Å². The van der Waals surface area contributed by atoms with E-state index < -0.39 is 0 Å². The van der Waals surface area contributed by atoms with Crippen LogP contribution >= 0.6 is 23.1 Å². The SMILES string of the molecule is CCN(CC)C(=O)c1oc2ccccc2c1CSc1nnc(C)s1. The van der Waals surface area contributed by atoms with Crippen molar-refractivity contribution in [1.82, 2.24) is 15.1 Å². The van der Waals surface area contributed by atoms with Crippen LogP contribution in [0.25, 0.3) is 11.0 Å². The highest BCUT2D eigenvalue weighted by molar-refractivity contribution is 8.00. The molecule has 0 aliphatic carbocycles. The van der Waals surface area contributed by atoms with Crippen molar-refractivity contribution in [1.29, 1.82) is 0 Å². The van der Waals surface area contributed by atoms with Crippen LogP contribution < -0.4 is 0 Å². The van der Waals surface area contributed by atoms with Crippen LogP contribution in [0.1, 0.15) is 35.0 Å². The number of furan rings is 1. The number of rotatable bonds is 6.